The quantitative estimate of drug-likeness (QED) is 0.653. The molecule has 1 N–H and O–H groups in total. The van der Waals surface area contributed by atoms with Crippen LogP contribution in [0.25, 0.3) is 16.7 Å². The molecule has 2 aromatic carbocycles. The molecule has 0 atom stereocenters. The monoisotopic (exact) mass is 274 g/mol. The van der Waals surface area contributed by atoms with Crippen molar-refractivity contribution in [1.82, 2.24) is 0 Å². The Morgan fingerprint density at radius 2 is 1.62 bits per heavy atom. The average molecular weight is 274 g/mol. The van der Waals surface area contributed by atoms with Gasteiger partial charge in [0.15, 0.2) is 0 Å². The van der Waals surface area contributed by atoms with Gasteiger partial charge in [0.1, 0.15) is 0 Å². The van der Waals surface area contributed by atoms with Gasteiger partial charge in [-0.2, -0.15) is 0 Å². The summed E-state index contributed by atoms with van der Waals surface area (Å²) in [5.74, 6) is 2.53. The third-order valence-electron chi connectivity index (χ3n) is 3.24. The van der Waals surface area contributed by atoms with Crippen LogP contribution in [0.3, 0.4) is 0 Å². The molecule has 0 saturated carbocycles. The van der Waals surface area contributed by atoms with Crippen molar-refractivity contribution >= 4 is 5.57 Å². The van der Waals surface area contributed by atoms with Gasteiger partial charge in [0.05, 0.1) is 6.61 Å². The predicted octanol–water partition coefficient (Wildman–Crippen LogP) is 4.23. The molecule has 0 aliphatic rings. The van der Waals surface area contributed by atoms with Crippen LogP contribution in [0.1, 0.15) is 11.1 Å². The van der Waals surface area contributed by atoms with Crippen molar-refractivity contribution in [3.63, 3.8) is 0 Å². The normalized spacial score (nSPS) is 11.6. The zero-order valence-corrected chi connectivity index (χ0v) is 12.1. The summed E-state index contributed by atoms with van der Waals surface area (Å²) in [5.41, 5.74) is 5.57. The topological polar surface area (TPSA) is 20.2 Å². The van der Waals surface area contributed by atoms with Gasteiger partial charge in [-0.05, 0) is 35.3 Å². The van der Waals surface area contributed by atoms with Crippen LogP contribution in [0.2, 0.25) is 0 Å². The minimum absolute atomic E-state index is 0.00333. The lowest BCUT2D eigenvalue weighted by Gasteiger charge is -2.06. The van der Waals surface area contributed by atoms with E-state index in [2.05, 4.69) is 49.2 Å². The number of aliphatic hydroxyl groups is 1. The number of aryl methyl sites for hydroxylation is 1. The van der Waals surface area contributed by atoms with Crippen molar-refractivity contribution in [2.75, 3.05) is 6.61 Å². The molecule has 104 valence electrons. The summed E-state index contributed by atoms with van der Waals surface area (Å²) in [5, 5.41) is 8.88. The van der Waals surface area contributed by atoms with Crippen molar-refractivity contribution in [1.29, 1.82) is 0 Å². The Hall–Kier alpha value is -2.56. The Bertz CT molecular complexity index is 680. The lowest BCUT2D eigenvalue weighted by Crippen LogP contribution is -1.84. The summed E-state index contributed by atoms with van der Waals surface area (Å²) in [4.78, 5) is 0. The van der Waals surface area contributed by atoms with Crippen molar-refractivity contribution in [3.8, 4) is 23.5 Å². The van der Waals surface area contributed by atoms with Gasteiger partial charge in [0.2, 0.25) is 0 Å². The van der Waals surface area contributed by atoms with Gasteiger partial charge in [0, 0.05) is 0 Å². The maximum atomic E-state index is 8.88. The van der Waals surface area contributed by atoms with E-state index in [4.69, 9.17) is 11.5 Å². The van der Waals surface area contributed by atoms with Crippen molar-refractivity contribution in [3.05, 3.63) is 77.9 Å². The van der Waals surface area contributed by atoms with Crippen LogP contribution in [0, 0.1) is 19.3 Å². The zero-order valence-electron chi connectivity index (χ0n) is 12.1. The number of terminal acetylenes is 1. The first-order valence-electron chi connectivity index (χ1n) is 6.86. The van der Waals surface area contributed by atoms with Gasteiger partial charge in [-0.15, -0.1) is 6.42 Å². The van der Waals surface area contributed by atoms with Crippen molar-refractivity contribution < 1.29 is 5.11 Å². The number of hydrogen-bond donors (Lipinski definition) is 1. The smallest absolute Gasteiger partial charge is 0.0615 e. The largest absolute Gasteiger partial charge is 0.392 e. The van der Waals surface area contributed by atoms with Crippen LogP contribution >= 0.6 is 0 Å². The standard InChI is InChI=1S/C20H18O/c1-3-5-17(6-4-15-21)19-11-13-20(14-12-19)18-9-7-16(2)8-10-18/h1,4-14,21H,15H2,2H3/b6-4-,17-5+. The molecule has 0 heterocycles. The van der Waals surface area contributed by atoms with Gasteiger partial charge < -0.3 is 5.11 Å². The molecule has 0 aromatic heterocycles. The molecule has 0 spiro atoms. The molecule has 2 aromatic rings. The fraction of sp³-hybridized carbons (Fsp3) is 0.100. The first-order chi connectivity index (χ1) is 10.2. The Labute approximate surface area is 126 Å². The number of allylic oxidation sites excluding steroid dienone is 3. The minimum Gasteiger partial charge on any atom is -0.392 e. The van der Waals surface area contributed by atoms with E-state index in [1.165, 1.54) is 16.7 Å². The summed E-state index contributed by atoms with van der Waals surface area (Å²) in [6.07, 6.45) is 10.6. The molecule has 0 aliphatic heterocycles. The summed E-state index contributed by atoms with van der Waals surface area (Å²) in [6.45, 7) is 2.08. The van der Waals surface area contributed by atoms with E-state index in [1.807, 2.05) is 18.2 Å². The van der Waals surface area contributed by atoms with E-state index < -0.39 is 0 Å². The Balaban J connectivity index is 2.29. The number of aliphatic hydroxyl groups excluding tert-OH is 1. The molecular weight excluding hydrogens is 256 g/mol. The highest BCUT2D eigenvalue weighted by Crippen LogP contribution is 2.23. The highest BCUT2D eigenvalue weighted by molar-refractivity contribution is 5.77. The number of hydrogen-bond acceptors (Lipinski definition) is 1. The van der Waals surface area contributed by atoms with Gasteiger partial charge in [-0.3, -0.25) is 0 Å². The average Bonchev–Trinajstić information content (AvgIpc) is 2.52. The van der Waals surface area contributed by atoms with E-state index in [1.54, 1.807) is 12.2 Å². The lowest BCUT2D eigenvalue weighted by molar-refractivity contribution is 0.343. The van der Waals surface area contributed by atoms with Crippen LogP contribution in [0.4, 0.5) is 0 Å². The van der Waals surface area contributed by atoms with Gasteiger partial charge >= 0.3 is 0 Å². The fourth-order valence-corrected chi connectivity index (χ4v) is 2.10. The van der Waals surface area contributed by atoms with Crippen LogP contribution in [0.15, 0.2) is 66.8 Å². The van der Waals surface area contributed by atoms with E-state index in [0.717, 1.165) is 11.1 Å². The highest BCUT2D eigenvalue weighted by atomic mass is 16.2. The molecule has 0 fully saturated rings. The summed E-state index contributed by atoms with van der Waals surface area (Å²) in [7, 11) is 0. The molecule has 1 nitrogen and oxygen atoms in total. The van der Waals surface area contributed by atoms with Crippen molar-refractivity contribution in [2.24, 2.45) is 0 Å². The molecule has 2 rings (SSSR count). The van der Waals surface area contributed by atoms with E-state index in [-0.39, 0.29) is 6.61 Å². The van der Waals surface area contributed by atoms with E-state index in [0.29, 0.717) is 0 Å². The van der Waals surface area contributed by atoms with Crippen LogP contribution in [-0.4, -0.2) is 11.7 Å². The van der Waals surface area contributed by atoms with Crippen molar-refractivity contribution in [2.45, 2.75) is 6.92 Å². The maximum absolute atomic E-state index is 8.88. The fourth-order valence-electron chi connectivity index (χ4n) is 2.10. The first kappa shape index (κ1) is 14.8. The third kappa shape index (κ3) is 3.95. The number of benzene rings is 2. The SMILES string of the molecule is C#C/C=C(\C=C/CO)c1ccc(-c2ccc(C)cc2)cc1. The maximum Gasteiger partial charge on any atom is 0.0615 e. The van der Waals surface area contributed by atoms with E-state index in [9.17, 15) is 0 Å². The second kappa shape index (κ2) is 7.28. The minimum atomic E-state index is 0.00333. The molecule has 21 heavy (non-hydrogen) atoms. The molecule has 0 radical (unpaired) electrons. The highest BCUT2D eigenvalue weighted by Gasteiger charge is 2.00. The predicted molar refractivity (Wildman–Crippen MR) is 89.7 cm³/mol. The van der Waals surface area contributed by atoms with Gasteiger partial charge in [-0.25, -0.2) is 0 Å². The van der Waals surface area contributed by atoms with Gasteiger partial charge in [-0.1, -0.05) is 72.2 Å². The molecule has 0 saturated heterocycles. The third-order valence-corrected chi connectivity index (χ3v) is 3.24. The number of rotatable bonds is 4. The summed E-state index contributed by atoms with van der Waals surface area (Å²) < 4.78 is 0. The molecule has 1 heteroatoms. The second-order valence-electron chi connectivity index (χ2n) is 4.79. The Kier molecular flexibility index (Phi) is 5.15. The Morgan fingerprint density at radius 3 is 2.14 bits per heavy atom. The van der Waals surface area contributed by atoms with Crippen LogP contribution < -0.4 is 0 Å². The second-order valence-corrected chi connectivity index (χ2v) is 4.79. The van der Waals surface area contributed by atoms with Crippen LogP contribution in [0.5, 0.6) is 0 Å². The van der Waals surface area contributed by atoms with Crippen LogP contribution in [-0.2, 0) is 0 Å². The lowest BCUT2D eigenvalue weighted by atomic mass is 9.99. The molecule has 0 unspecified atom stereocenters. The molecular formula is C20H18O. The van der Waals surface area contributed by atoms with E-state index >= 15 is 0 Å². The molecule has 0 amide bonds. The Morgan fingerprint density at radius 1 is 1.05 bits per heavy atom. The zero-order chi connectivity index (χ0) is 15.1. The first-order valence-corrected chi connectivity index (χ1v) is 6.86. The van der Waals surface area contributed by atoms with Gasteiger partial charge in [0.25, 0.3) is 0 Å². The molecule has 0 aliphatic carbocycles. The summed E-state index contributed by atoms with van der Waals surface area (Å²) >= 11 is 0. The molecule has 0 bridgehead atoms. The summed E-state index contributed by atoms with van der Waals surface area (Å²) in [6, 6.07) is 16.7.